The highest BCUT2D eigenvalue weighted by atomic mass is 79.9. The normalized spacial score (nSPS) is 18.8. The third-order valence-corrected chi connectivity index (χ3v) is 5.92. The summed E-state index contributed by atoms with van der Waals surface area (Å²) < 4.78 is 7.05. The highest BCUT2D eigenvalue weighted by Crippen LogP contribution is 2.39. The van der Waals surface area contributed by atoms with E-state index >= 15 is 0 Å². The van der Waals surface area contributed by atoms with Gasteiger partial charge in [0.1, 0.15) is 0 Å². The van der Waals surface area contributed by atoms with Crippen molar-refractivity contribution in [3.8, 4) is 0 Å². The van der Waals surface area contributed by atoms with Crippen molar-refractivity contribution in [2.45, 2.75) is 56.8 Å². The number of hydrogen-bond acceptors (Lipinski definition) is 2. The van der Waals surface area contributed by atoms with E-state index in [1.54, 1.807) is 4.57 Å². The van der Waals surface area contributed by atoms with E-state index < -0.39 is 0 Å². The van der Waals surface area contributed by atoms with Gasteiger partial charge in [0, 0.05) is 11.4 Å². The Hall–Kier alpha value is -1.03. The van der Waals surface area contributed by atoms with E-state index in [-0.39, 0.29) is 5.76 Å². The van der Waals surface area contributed by atoms with Gasteiger partial charge in [-0.3, -0.25) is 4.57 Å². The maximum atomic E-state index is 11.8. The van der Waals surface area contributed by atoms with Crippen LogP contribution < -0.4 is 5.76 Å². The van der Waals surface area contributed by atoms with Crippen molar-refractivity contribution in [2.75, 3.05) is 0 Å². The molecule has 1 aromatic carbocycles. The van der Waals surface area contributed by atoms with Gasteiger partial charge in [0.05, 0.1) is 5.52 Å². The van der Waals surface area contributed by atoms with E-state index in [0.29, 0.717) is 22.9 Å². The van der Waals surface area contributed by atoms with Crippen LogP contribution in [0.2, 0.25) is 0 Å². The molecule has 114 valence electrons. The summed E-state index contributed by atoms with van der Waals surface area (Å²) in [4.78, 5) is 12.1. The molecule has 21 heavy (non-hydrogen) atoms. The van der Waals surface area contributed by atoms with E-state index in [1.165, 1.54) is 44.1 Å². The Bertz CT molecular complexity index is 665. The van der Waals surface area contributed by atoms with Crippen LogP contribution in [0, 0.1) is 5.92 Å². The zero-order valence-corrected chi connectivity index (χ0v) is 14.1. The number of nitrogens with zero attached hydrogens (tertiary/aromatic N) is 1. The van der Waals surface area contributed by atoms with Crippen LogP contribution in [0.5, 0.6) is 0 Å². The summed E-state index contributed by atoms with van der Waals surface area (Å²) in [6.07, 6.45) is 7.96. The molecule has 4 heteroatoms. The summed E-state index contributed by atoms with van der Waals surface area (Å²) in [5.41, 5.74) is 2.83. The van der Waals surface area contributed by atoms with E-state index in [2.05, 4.69) is 22.0 Å². The number of fused-ring (bicyclic) bond motifs is 1. The second kappa shape index (κ2) is 6.39. The molecule has 0 amide bonds. The summed E-state index contributed by atoms with van der Waals surface area (Å²) >= 11 is 3.88. The highest BCUT2D eigenvalue weighted by molar-refractivity contribution is 9.09. The van der Waals surface area contributed by atoms with Crippen molar-refractivity contribution in [1.29, 1.82) is 0 Å². The van der Waals surface area contributed by atoms with Crippen LogP contribution in [0.1, 0.15) is 55.8 Å². The van der Waals surface area contributed by atoms with Crippen LogP contribution in [-0.2, 0) is 6.54 Å². The lowest BCUT2D eigenvalue weighted by Gasteiger charge is -2.21. The van der Waals surface area contributed by atoms with E-state index in [4.69, 9.17) is 4.42 Å². The summed E-state index contributed by atoms with van der Waals surface area (Å²) in [5.74, 6) is 0.426. The summed E-state index contributed by atoms with van der Waals surface area (Å²) in [6, 6.07) is 6.19. The zero-order valence-electron chi connectivity index (χ0n) is 12.5. The third-order valence-electron chi connectivity index (χ3n) is 4.64. The molecule has 1 aromatic heterocycles. The molecule has 1 atom stereocenters. The van der Waals surface area contributed by atoms with Crippen LogP contribution >= 0.6 is 15.9 Å². The van der Waals surface area contributed by atoms with Crippen molar-refractivity contribution in [1.82, 2.24) is 4.57 Å². The smallest absolute Gasteiger partial charge is 0.408 e. The van der Waals surface area contributed by atoms with Gasteiger partial charge in [0.2, 0.25) is 0 Å². The largest absolute Gasteiger partial charge is 0.419 e. The average Bonchev–Trinajstić information content (AvgIpc) is 2.68. The second-order valence-electron chi connectivity index (χ2n) is 5.99. The molecule has 1 aliphatic rings. The molecule has 3 nitrogen and oxygen atoms in total. The van der Waals surface area contributed by atoms with Crippen molar-refractivity contribution in [2.24, 2.45) is 5.92 Å². The lowest BCUT2D eigenvalue weighted by Crippen LogP contribution is -2.12. The van der Waals surface area contributed by atoms with Crippen LogP contribution in [0.25, 0.3) is 11.1 Å². The van der Waals surface area contributed by atoms with Gasteiger partial charge in [0.25, 0.3) is 0 Å². The van der Waals surface area contributed by atoms with Gasteiger partial charge in [-0.2, -0.15) is 0 Å². The van der Waals surface area contributed by atoms with Gasteiger partial charge >= 0.3 is 5.76 Å². The number of aromatic nitrogens is 1. The van der Waals surface area contributed by atoms with Gasteiger partial charge < -0.3 is 4.42 Å². The fourth-order valence-corrected chi connectivity index (χ4v) is 4.24. The SMILES string of the molecule is CCn1c(=O)oc2cc(C(Br)C3CCCCCC3)ccc21. The zero-order chi connectivity index (χ0) is 14.8. The Kier molecular flexibility index (Phi) is 4.53. The standard InChI is InChI=1S/C17H22BrNO2/c1-2-19-14-10-9-13(11-15(14)21-17(19)20)16(18)12-7-5-3-4-6-8-12/h9-12,16H,2-8H2,1H3. The Balaban J connectivity index is 1.91. The lowest BCUT2D eigenvalue weighted by molar-refractivity contribution is 0.454. The molecule has 1 saturated carbocycles. The average molecular weight is 352 g/mol. The Morgan fingerprint density at radius 2 is 2.00 bits per heavy atom. The third kappa shape index (κ3) is 2.96. The highest BCUT2D eigenvalue weighted by Gasteiger charge is 2.22. The minimum Gasteiger partial charge on any atom is -0.408 e. The molecule has 3 rings (SSSR count). The number of hydrogen-bond donors (Lipinski definition) is 0. The molecule has 1 unspecified atom stereocenters. The maximum Gasteiger partial charge on any atom is 0.419 e. The number of alkyl halides is 1. The van der Waals surface area contributed by atoms with Gasteiger partial charge in [-0.1, -0.05) is 47.7 Å². The van der Waals surface area contributed by atoms with Crippen molar-refractivity contribution in [3.63, 3.8) is 0 Å². The number of rotatable bonds is 3. The van der Waals surface area contributed by atoms with Crippen LogP contribution in [0.3, 0.4) is 0 Å². The van der Waals surface area contributed by atoms with Gasteiger partial charge in [-0.05, 0) is 43.4 Å². The molecule has 0 bridgehead atoms. The van der Waals surface area contributed by atoms with E-state index in [1.807, 2.05) is 19.1 Å². The maximum absolute atomic E-state index is 11.8. The first-order valence-corrected chi connectivity index (χ1v) is 8.89. The number of aryl methyl sites for hydroxylation is 1. The fraction of sp³-hybridized carbons (Fsp3) is 0.588. The first kappa shape index (κ1) is 14.9. The van der Waals surface area contributed by atoms with Crippen molar-refractivity contribution < 1.29 is 4.42 Å². The summed E-state index contributed by atoms with van der Waals surface area (Å²) in [6.45, 7) is 2.61. The van der Waals surface area contributed by atoms with Crippen molar-refractivity contribution >= 4 is 27.0 Å². The van der Waals surface area contributed by atoms with Gasteiger partial charge in [0.15, 0.2) is 5.58 Å². The molecular weight excluding hydrogens is 330 g/mol. The Labute approximate surface area is 133 Å². The minimum absolute atomic E-state index is 0.259. The topological polar surface area (TPSA) is 35.1 Å². The number of halogens is 1. The van der Waals surface area contributed by atoms with Gasteiger partial charge in [-0.25, -0.2) is 4.79 Å². The quantitative estimate of drug-likeness (QED) is 0.574. The number of oxazole rings is 1. The van der Waals surface area contributed by atoms with E-state index in [9.17, 15) is 4.79 Å². The molecule has 0 saturated heterocycles. The van der Waals surface area contributed by atoms with Crippen LogP contribution in [-0.4, -0.2) is 4.57 Å². The molecule has 0 spiro atoms. The molecular formula is C17H22BrNO2. The molecule has 0 aliphatic heterocycles. The summed E-state index contributed by atoms with van der Waals surface area (Å²) in [5, 5.41) is 0. The second-order valence-corrected chi connectivity index (χ2v) is 6.98. The predicted octanol–water partition coefficient (Wildman–Crippen LogP) is 5.02. The minimum atomic E-state index is -0.259. The Morgan fingerprint density at radius 1 is 1.29 bits per heavy atom. The summed E-state index contributed by atoms with van der Waals surface area (Å²) in [7, 11) is 0. The molecule has 2 aromatic rings. The predicted molar refractivity (Wildman–Crippen MR) is 89.0 cm³/mol. The van der Waals surface area contributed by atoms with Crippen LogP contribution in [0.15, 0.2) is 27.4 Å². The van der Waals surface area contributed by atoms with Gasteiger partial charge in [-0.15, -0.1) is 0 Å². The first-order valence-electron chi connectivity index (χ1n) is 7.98. The molecule has 1 fully saturated rings. The first-order chi connectivity index (χ1) is 10.2. The molecule has 0 radical (unpaired) electrons. The van der Waals surface area contributed by atoms with E-state index in [0.717, 1.165) is 5.52 Å². The molecule has 0 N–H and O–H groups in total. The fourth-order valence-electron chi connectivity index (χ4n) is 3.43. The van der Waals surface area contributed by atoms with Crippen LogP contribution in [0.4, 0.5) is 0 Å². The Morgan fingerprint density at radius 3 is 2.67 bits per heavy atom. The molecule has 1 aliphatic carbocycles. The van der Waals surface area contributed by atoms with Crippen molar-refractivity contribution in [3.05, 3.63) is 34.3 Å². The monoisotopic (exact) mass is 351 g/mol. The lowest BCUT2D eigenvalue weighted by atomic mass is 9.92. The molecule has 1 heterocycles. The number of benzene rings is 1.